The third kappa shape index (κ3) is 6.22. The predicted molar refractivity (Wildman–Crippen MR) is 139 cm³/mol. The van der Waals surface area contributed by atoms with Crippen molar-refractivity contribution in [3.63, 3.8) is 0 Å². The molecule has 4 aromatic rings. The van der Waals surface area contributed by atoms with Gasteiger partial charge >= 0.3 is 10.2 Å². The molecule has 1 aromatic heterocycles. The summed E-state index contributed by atoms with van der Waals surface area (Å²) in [6.07, 6.45) is -0.953. The molecular weight excluding hydrogens is 495 g/mol. The lowest BCUT2D eigenvalue weighted by Crippen LogP contribution is -2.29. The number of aromatic nitrogens is 1. The van der Waals surface area contributed by atoms with Gasteiger partial charge in [-0.3, -0.25) is 4.72 Å². The number of nitrogens with one attached hydrogen (secondary N) is 3. The molecule has 0 aliphatic rings. The Balaban J connectivity index is 0.00000342. The second-order valence-electron chi connectivity index (χ2n) is 8.08. The van der Waals surface area contributed by atoms with Crippen molar-refractivity contribution in [1.29, 1.82) is 0 Å². The van der Waals surface area contributed by atoms with Crippen LogP contribution in [0.25, 0.3) is 21.8 Å². The molecule has 0 saturated carbocycles. The smallest absolute Gasteiger partial charge is 0.301 e. The number of aliphatic hydroxyl groups excluding tert-OH is 1. The van der Waals surface area contributed by atoms with Gasteiger partial charge in [-0.1, -0.05) is 24.3 Å². The van der Waals surface area contributed by atoms with Gasteiger partial charge in [-0.05, 0) is 35.9 Å². The van der Waals surface area contributed by atoms with Gasteiger partial charge in [0.25, 0.3) is 0 Å². The molecule has 3 aromatic carbocycles. The Morgan fingerprint density at radius 3 is 2.57 bits per heavy atom. The number of hydrogen-bond acceptors (Lipinski definition) is 5. The summed E-state index contributed by atoms with van der Waals surface area (Å²) in [6, 6.07) is 17.8. The van der Waals surface area contributed by atoms with E-state index in [9.17, 15) is 17.9 Å². The molecule has 4 N–H and O–H groups in total. The summed E-state index contributed by atoms with van der Waals surface area (Å²) in [5, 5.41) is 15.8. The Morgan fingerprint density at radius 1 is 1.06 bits per heavy atom. The number of ether oxygens (including phenoxy) is 1. The van der Waals surface area contributed by atoms with E-state index >= 15 is 0 Å². The number of aromatic amines is 1. The number of fused-ring (bicyclic) bond motifs is 3. The van der Waals surface area contributed by atoms with E-state index in [1.165, 1.54) is 26.2 Å². The lowest BCUT2D eigenvalue weighted by molar-refractivity contribution is 0.172. The minimum atomic E-state index is -3.86. The van der Waals surface area contributed by atoms with Crippen molar-refractivity contribution >= 4 is 50.1 Å². The first-order chi connectivity index (χ1) is 16.2. The Labute approximate surface area is 209 Å². The standard InChI is InChI=1S/C24H27FN4O4S.ClH/c1-29(2)34(31,32)28-23-13-16(7-10-20(23)25)24(30)15-26-11-12-33-17-8-9-19-18-5-3-4-6-21(18)27-22(19)14-17;/h3-10,13-14,24,26-28,30H,11-12,15H2,1-2H3;1H. The van der Waals surface area contributed by atoms with E-state index in [1.807, 2.05) is 36.4 Å². The van der Waals surface area contributed by atoms with Crippen LogP contribution >= 0.6 is 12.4 Å². The summed E-state index contributed by atoms with van der Waals surface area (Å²) in [5.41, 5.74) is 2.24. The molecule has 11 heteroatoms. The number of halogens is 2. The third-order valence-corrected chi connectivity index (χ3v) is 6.90. The summed E-state index contributed by atoms with van der Waals surface area (Å²) < 4.78 is 46.9. The Kier molecular flexibility index (Phi) is 8.57. The zero-order chi connectivity index (χ0) is 24.3. The van der Waals surface area contributed by atoms with E-state index in [0.29, 0.717) is 18.7 Å². The summed E-state index contributed by atoms with van der Waals surface area (Å²) in [5.74, 6) is 0.00687. The molecule has 1 unspecified atom stereocenters. The number of para-hydroxylation sites is 1. The van der Waals surface area contributed by atoms with Crippen LogP contribution in [-0.4, -0.2) is 56.6 Å². The number of rotatable bonds is 10. The molecule has 4 rings (SSSR count). The van der Waals surface area contributed by atoms with Crippen molar-refractivity contribution in [2.75, 3.05) is 38.5 Å². The second-order valence-corrected chi connectivity index (χ2v) is 9.96. The van der Waals surface area contributed by atoms with Crippen LogP contribution in [0.3, 0.4) is 0 Å². The fourth-order valence-electron chi connectivity index (χ4n) is 3.58. The molecule has 0 radical (unpaired) electrons. The monoisotopic (exact) mass is 522 g/mol. The molecule has 35 heavy (non-hydrogen) atoms. The minimum absolute atomic E-state index is 0. The van der Waals surface area contributed by atoms with Crippen molar-refractivity contribution in [3.05, 3.63) is 72.0 Å². The second kappa shape index (κ2) is 11.2. The van der Waals surface area contributed by atoms with Gasteiger partial charge in [0.05, 0.1) is 17.3 Å². The average Bonchev–Trinajstić information content (AvgIpc) is 3.17. The van der Waals surface area contributed by atoms with E-state index in [-0.39, 0.29) is 24.6 Å². The van der Waals surface area contributed by atoms with Gasteiger partial charge in [0.15, 0.2) is 0 Å². The fourth-order valence-corrected chi connectivity index (χ4v) is 4.20. The quantitative estimate of drug-likeness (QED) is 0.237. The van der Waals surface area contributed by atoms with E-state index in [1.54, 1.807) is 0 Å². The highest BCUT2D eigenvalue weighted by molar-refractivity contribution is 7.90. The Morgan fingerprint density at radius 2 is 1.80 bits per heavy atom. The van der Waals surface area contributed by atoms with Gasteiger partial charge in [-0.25, -0.2) is 4.39 Å². The summed E-state index contributed by atoms with van der Waals surface area (Å²) in [7, 11) is -1.19. The molecular formula is C24H28ClFN4O4S. The Bertz CT molecular complexity index is 1410. The first-order valence-electron chi connectivity index (χ1n) is 10.8. The number of benzene rings is 3. The molecule has 1 atom stereocenters. The van der Waals surface area contributed by atoms with E-state index in [0.717, 1.165) is 37.9 Å². The number of hydrogen-bond donors (Lipinski definition) is 4. The molecule has 0 spiro atoms. The van der Waals surface area contributed by atoms with Gasteiger partial charge in [0.2, 0.25) is 0 Å². The zero-order valence-corrected chi connectivity index (χ0v) is 20.9. The van der Waals surface area contributed by atoms with Crippen molar-refractivity contribution in [1.82, 2.24) is 14.6 Å². The number of H-pyrrole nitrogens is 1. The van der Waals surface area contributed by atoms with E-state index in [2.05, 4.69) is 21.1 Å². The highest BCUT2D eigenvalue weighted by Crippen LogP contribution is 2.28. The van der Waals surface area contributed by atoms with Crippen LogP contribution in [0, 0.1) is 5.82 Å². The molecule has 8 nitrogen and oxygen atoms in total. The highest BCUT2D eigenvalue weighted by atomic mass is 35.5. The normalized spacial score (nSPS) is 12.6. The lowest BCUT2D eigenvalue weighted by Gasteiger charge is -2.17. The first-order valence-corrected chi connectivity index (χ1v) is 12.2. The summed E-state index contributed by atoms with van der Waals surface area (Å²) >= 11 is 0. The molecule has 0 bridgehead atoms. The summed E-state index contributed by atoms with van der Waals surface area (Å²) in [6.45, 7) is 1.05. The highest BCUT2D eigenvalue weighted by Gasteiger charge is 2.17. The minimum Gasteiger partial charge on any atom is -0.492 e. The first kappa shape index (κ1) is 26.7. The Hall–Kier alpha value is -2.89. The maximum absolute atomic E-state index is 14.0. The lowest BCUT2D eigenvalue weighted by atomic mass is 10.1. The number of nitrogens with zero attached hydrogens (tertiary/aromatic N) is 1. The van der Waals surface area contributed by atoms with Gasteiger partial charge in [0.1, 0.15) is 18.2 Å². The molecule has 0 amide bonds. The van der Waals surface area contributed by atoms with Crippen molar-refractivity contribution < 1.29 is 22.7 Å². The van der Waals surface area contributed by atoms with Crippen molar-refractivity contribution in [3.8, 4) is 5.75 Å². The summed E-state index contributed by atoms with van der Waals surface area (Å²) in [4.78, 5) is 3.38. The van der Waals surface area contributed by atoms with Crippen molar-refractivity contribution in [2.24, 2.45) is 0 Å². The average molecular weight is 523 g/mol. The van der Waals surface area contributed by atoms with Crippen LogP contribution in [0.15, 0.2) is 60.7 Å². The maximum atomic E-state index is 14.0. The van der Waals surface area contributed by atoms with Crippen LogP contribution in [0.5, 0.6) is 5.75 Å². The third-order valence-electron chi connectivity index (χ3n) is 5.46. The fraction of sp³-hybridized carbons (Fsp3) is 0.250. The van der Waals surface area contributed by atoms with Crippen molar-refractivity contribution in [2.45, 2.75) is 6.10 Å². The maximum Gasteiger partial charge on any atom is 0.301 e. The molecule has 0 saturated heterocycles. The van der Waals surface area contributed by atoms with Crippen LogP contribution in [-0.2, 0) is 10.2 Å². The van der Waals surface area contributed by atoms with Gasteiger partial charge in [-0.2, -0.15) is 12.7 Å². The van der Waals surface area contributed by atoms with Crippen LogP contribution in [0.2, 0.25) is 0 Å². The number of aliphatic hydroxyl groups is 1. The SMILES string of the molecule is CN(C)S(=O)(=O)Nc1cc(C(O)CNCCOc2ccc3c(c2)[nH]c2ccccc23)ccc1F.Cl. The molecule has 0 aliphatic carbocycles. The van der Waals surface area contributed by atoms with E-state index in [4.69, 9.17) is 4.74 Å². The van der Waals surface area contributed by atoms with Crippen LogP contribution in [0.4, 0.5) is 10.1 Å². The zero-order valence-electron chi connectivity index (χ0n) is 19.3. The van der Waals surface area contributed by atoms with E-state index < -0.39 is 22.1 Å². The molecule has 0 fully saturated rings. The van der Waals surface area contributed by atoms with Crippen LogP contribution < -0.4 is 14.8 Å². The largest absolute Gasteiger partial charge is 0.492 e. The van der Waals surface area contributed by atoms with Gasteiger partial charge in [0, 0.05) is 49.5 Å². The number of anilines is 1. The van der Waals surface area contributed by atoms with Crippen LogP contribution in [0.1, 0.15) is 11.7 Å². The molecule has 0 aliphatic heterocycles. The molecule has 1 heterocycles. The van der Waals surface area contributed by atoms with Gasteiger partial charge < -0.3 is 20.1 Å². The molecule has 188 valence electrons. The predicted octanol–water partition coefficient (Wildman–Crippen LogP) is 3.80. The topological polar surface area (TPSA) is 107 Å². The van der Waals surface area contributed by atoms with Gasteiger partial charge in [-0.15, -0.1) is 12.4 Å².